The van der Waals surface area contributed by atoms with Crippen LogP contribution in [0.2, 0.25) is 0 Å². The molecule has 0 bridgehead atoms. The zero-order valence-electron chi connectivity index (χ0n) is 19.2. The number of aryl methyl sites for hydroxylation is 2. The Morgan fingerprint density at radius 1 is 1.09 bits per heavy atom. The Balaban J connectivity index is 1.20. The fraction of sp³-hybridized carbons (Fsp3) is 0.519. The van der Waals surface area contributed by atoms with E-state index in [9.17, 15) is 9.59 Å². The Morgan fingerprint density at radius 3 is 2.62 bits per heavy atom. The number of piperidine rings is 1. The molecule has 5 nitrogen and oxygen atoms in total. The van der Waals surface area contributed by atoms with E-state index < -0.39 is 0 Å². The molecule has 1 atom stereocenters. The van der Waals surface area contributed by atoms with Gasteiger partial charge in [-0.2, -0.15) is 0 Å². The molecule has 32 heavy (non-hydrogen) atoms. The number of carbonyl (C=O) groups excluding carboxylic acids is 2. The Morgan fingerprint density at radius 2 is 1.88 bits per heavy atom. The molecule has 3 heterocycles. The molecule has 170 valence electrons. The number of ketones is 2. The maximum Gasteiger partial charge on any atom is 0.151 e. The number of rotatable bonds is 9. The number of aromatic nitrogens is 1. The first-order valence-electron chi connectivity index (χ1n) is 12.2. The molecule has 1 fully saturated rings. The van der Waals surface area contributed by atoms with Gasteiger partial charge in [-0.05, 0) is 82.2 Å². The number of anilines is 1. The van der Waals surface area contributed by atoms with Crippen LogP contribution in [0.25, 0.3) is 0 Å². The SMILES string of the molecule is CC(=O)[C@H](c1ccccc1)N1CCC(C(=O)CCCCc2ccc3c(n2)NCCC3)CC1. The lowest BCUT2D eigenvalue weighted by Gasteiger charge is -2.36. The van der Waals surface area contributed by atoms with Gasteiger partial charge in [0.15, 0.2) is 5.78 Å². The van der Waals surface area contributed by atoms with Crippen molar-refractivity contribution in [3.63, 3.8) is 0 Å². The minimum atomic E-state index is -0.189. The Hall–Kier alpha value is -2.53. The number of nitrogens with zero attached hydrogens (tertiary/aromatic N) is 2. The molecule has 0 amide bonds. The minimum Gasteiger partial charge on any atom is -0.370 e. The second-order valence-corrected chi connectivity index (χ2v) is 9.25. The molecular weight excluding hydrogens is 398 g/mol. The van der Waals surface area contributed by atoms with Gasteiger partial charge in [0, 0.05) is 24.6 Å². The quantitative estimate of drug-likeness (QED) is 0.578. The summed E-state index contributed by atoms with van der Waals surface area (Å²) in [6, 6.07) is 14.1. The molecule has 1 N–H and O–H groups in total. The summed E-state index contributed by atoms with van der Waals surface area (Å²) in [5.41, 5.74) is 3.49. The van der Waals surface area contributed by atoms with Crippen molar-refractivity contribution >= 4 is 17.4 Å². The monoisotopic (exact) mass is 433 g/mol. The summed E-state index contributed by atoms with van der Waals surface area (Å²) in [6.07, 6.45) is 7.50. The number of carbonyl (C=O) groups is 2. The van der Waals surface area contributed by atoms with E-state index in [1.807, 2.05) is 30.3 Å². The number of unbranched alkanes of at least 4 members (excludes halogenated alkanes) is 1. The predicted octanol–water partition coefficient (Wildman–Crippen LogP) is 4.76. The first kappa shape index (κ1) is 22.7. The first-order chi connectivity index (χ1) is 15.6. The van der Waals surface area contributed by atoms with Crippen LogP contribution in [0.4, 0.5) is 5.82 Å². The van der Waals surface area contributed by atoms with Crippen LogP contribution in [0.15, 0.2) is 42.5 Å². The molecule has 4 rings (SSSR count). The summed E-state index contributed by atoms with van der Waals surface area (Å²) >= 11 is 0. The summed E-state index contributed by atoms with van der Waals surface area (Å²) < 4.78 is 0. The van der Waals surface area contributed by atoms with Crippen molar-refractivity contribution in [2.75, 3.05) is 25.0 Å². The van der Waals surface area contributed by atoms with E-state index in [0.29, 0.717) is 12.2 Å². The smallest absolute Gasteiger partial charge is 0.151 e. The fourth-order valence-corrected chi connectivity index (χ4v) is 5.14. The largest absolute Gasteiger partial charge is 0.370 e. The second-order valence-electron chi connectivity index (χ2n) is 9.25. The topological polar surface area (TPSA) is 62.3 Å². The van der Waals surface area contributed by atoms with Gasteiger partial charge in [-0.3, -0.25) is 14.5 Å². The number of hydrogen-bond donors (Lipinski definition) is 1. The van der Waals surface area contributed by atoms with Crippen molar-refractivity contribution in [3.05, 3.63) is 59.3 Å². The zero-order chi connectivity index (χ0) is 22.3. The highest BCUT2D eigenvalue weighted by molar-refractivity contribution is 5.83. The van der Waals surface area contributed by atoms with Gasteiger partial charge >= 0.3 is 0 Å². The molecule has 0 aliphatic carbocycles. The molecule has 2 aliphatic rings. The van der Waals surface area contributed by atoms with E-state index in [-0.39, 0.29) is 17.7 Å². The molecule has 5 heteroatoms. The van der Waals surface area contributed by atoms with Crippen LogP contribution in [0.3, 0.4) is 0 Å². The van der Waals surface area contributed by atoms with Crippen molar-refractivity contribution in [2.45, 2.75) is 64.3 Å². The van der Waals surface area contributed by atoms with Crippen LogP contribution in [-0.4, -0.2) is 41.1 Å². The van der Waals surface area contributed by atoms with Crippen molar-refractivity contribution < 1.29 is 9.59 Å². The number of likely N-dealkylation sites (tertiary alicyclic amines) is 1. The van der Waals surface area contributed by atoms with Gasteiger partial charge in [-0.15, -0.1) is 0 Å². The highest BCUT2D eigenvalue weighted by atomic mass is 16.1. The Labute approximate surface area is 191 Å². The number of fused-ring (bicyclic) bond motifs is 1. The van der Waals surface area contributed by atoms with Crippen molar-refractivity contribution in [1.82, 2.24) is 9.88 Å². The molecular formula is C27H35N3O2. The number of benzene rings is 1. The standard InChI is InChI=1S/C27H35N3O2/c1-20(31)26(22-8-3-2-4-9-22)30-18-15-21(16-19-30)25(32)12-6-5-11-24-14-13-23-10-7-17-28-27(23)29-24/h2-4,8-9,13-14,21,26H,5-7,10-12,15-19H2,1H3,(H,28,29)/t26-/m1/s1. The maximum atomic E-state index is 12.8. The van der Waals surface area contributed by atoms with Crippen LogP contribution >= 0.6 is 0 Å². The van der Waals surface area contributed by atoms with E-state index >= 15 is 0 Å². The molecule has 2 aromatic rings. The molecule has 1 saturated heterocycles. The van der Waals surface area contributed by atoms with E-state index in [4.69, 9.17) is 4.98 Å². The molecule has 2 aliphatic heterocycles. The highest BCUT2D eigenvalue weighted by Crippen LogP contribution is 2.29. The Kier molecular flexibility index (Phi) is 7.69. The molecule has 0 unspecified atom stereocenters. The van der Waals surface area contributed by atoms with Gasteiger partial charge in [0.25, 0.3) is 0 Å². The average Bonchev–Trinajstić information content (AvgIpc) is 2.82. The first-order valence-corrected chi connectivity index (χ1v) is 12.2. The number of hydrogen-bond acceptors (Lipinski definition) is 5. The summed E-state index contributed by atoms with van der Waals surface area (Å²) in [7, 11) is 0. The molecule has 1 aromatic carbocycles. The van der Waals surface area contributed by atoms with E-state index in [0.717, 1.165) is 75.2 Å². The number of nitrogens with one attached hydrogen (secondary N) is 1. The van der Waals surface area contributed by atoms with Crippen LogP contribution < -0.4 is 5.32 Å². The Bertz CT molecular complexity index is 920. The third kappa shape index (κ3) is 5.63. The van der Waals surface area contributed by atoms with E-state index in [2.05, 4.69) is 22.3 Å². The summed E-state index contributed by atoms with van der Waals surface area (Å²) in [4.78, 5) is 32.1. The van der Waals surface area contributed by atoms with Crippen LogP contribution in [0, 0.1) is 5.92 Å². The lowest BCUT2D eigenvalue weighted by Crippen LogP contribution is -2.41. The summed E-state index contributed by atoms with van der Waals surface area (Å²) in [5.74, 6) is 1.76. The summed E-state index contributed by atoms with van der Waals surface area (Å²) in [6.45, 7) is 4.29. The normalized spacial score (nSPS) is 17.9. The molecule has 0 spiro atoms. The van der Waals surface area contributed by atoms with Gasteiger partial charge in [-0.25, -0.2) is 4.98 Å². The molecule has 0 saturated carbocycles. The summed E-state index contributed by atoms with van der Waals surface area (Å²) in [5, 5.41) is 3.39. The van der Waals surface area contributed by atoms with Crippen molar-refractivity contribution in [3.8, 4) is 0 Å². The lowest BCUT2D eigenvalue weighted by molar-refractivity contribution is -0.126. The predicted molar refractivity (Wildman–Crippen MR) is 128 cm³/mol. The van der Waals surface area contributed by atoms with Crippen LogP contribution in [0.5, 0.6) is 0 Å². The lowest BCUT2D eigenvalue weighted by atomic mass is 9.88. The van der Waals surface area contributed by atoms with Crippen LogP contribution in [-0.2, 0) is 22.4 Å². The number of Topliss-reactive ketones (excluding diaryl/α,β-unsaturated/α-hetero) is 2. The fourth-order valence-electron chi connectivity index (χ4n) is 5.14. The van der Waals surface area contributed by atoms with Gasteiger partial charge in [0.05, 0.1) is 6.04 Å². The van der Waals surface area contributed by atoms with Crippen molar-refractivity contribution in [2.24, 2.45) is 5.92 Å². The molecule has 1 aromatic heterocycles. The third-order valence-electron chi connectivity index (χ3n) is 6.91. The third-order valence-corrected chi connectivity index (χ3v) is 6.91. The van der Waals surface area contributed by atoms with E-state index in [1.54, 1.807) is 6.92 Å². The van der Waals surface area contributed by atoms with Gasteiger partial charge in [0.2, 0.25) is 0 Å². The van der Waals surface area contributed by atoms with Crippen molar-refractivity contribution in [1.29, 1.82) is 0 Å². The van der Waals surface area contributed by atoms with Crippen LogP contribution in [0.1, 0.15) is 68.3 Å². The second kappa shape index (κ2) is 10.9. The zero-order valence-corrected chi connectivity index (χ0v) is 19.2. The number of pyridine rings is 1. The van der Waals surface area contributed by atoms with Gasteiger partial charge in [-0.1, -0.05) is 36.4 Å². The molecule has 0 radical (unpaired) electrons. The minimum absolute atomic E-state index is 0.140. The van der Waals surface area contributed by atoms with Gasteiger partial charge < -0.3 is 5.32 Å². The van der Waals surface area contributed by atoms with Gasteiger partial charge in [0.1, 0.15) is 11.6 Å². The average molecular weight is 434 g/mol. The van der Waals surface area contributed by atoms with E-state index in [1.165, 1.54) is 12.0 Å². The maximum absolute atomic E-state index is 12.8. The highest BCUT2D eigenvalue weighted by Gasteiger charge is 2.31.